The summed E-state index contributed by atoms with van der Waals surface area (Å²) in [5.41, 5.74) is 0. The Kier molecular flexibility index (Phi) is 5.32. The van der Waals surface area contributed by atoms with E-state index in [1.165, 1.54) is 30.7 Å². The van der Waals surface area contributed by atoms with Gasteiger partial charge < -0.3 is 19.7 Å². The minimum absolute atomic E-state index is 0.142. The average molecular weight is 343 g/mol. The Labute approximate surface area is 136 Å². The summed E-state index contributed by atoms with van der Waals surface area (Å²) in [6, 6.07) is 4.29. The van der Waals surface area contributed by atoms with E-state index in [4.69, 9.17) is 9.47 Å². The van der Waals surface area contributed by atoms with Crippen molar-refractivity contribution in [1.29, 1.82) is 0 Å². The number of sulfonamides is 1. The van der Waals surface area contributed by atoms with Crippen molar-refractivity contribution in [1.82, 2.24) is 14.5 Å². The number of carbonyl (C=O) groups excluding carboxylic acids is 1. The smallest absolute Gasteiger partial charge is 0.317 e. The maximum absolute atomic E-state index is 12.7. The average Bonchev–Trinajstić information content (AvgIpc) is 2.60. The molecule has 8 nitrogen and oxygen atoms in total. The lowest BCUT2D eigenvalue weighted by Gasteiger charge is -2.33. The molecule has 2 rings (SSSR count). The molecule has 2 amide bonds. The van der Waals surface area contributed by atoms with Crippen molar-refractivity contribution in [2.24, 2.45) is 0 Å². The number of hydrogen-bond acceptors (Lipinski definition) is 5. The monoisotopic (exact) mass is 343 g/mol. The SMILES string of the molecule is CNC(=O)N1CCN(S(=O)(=O)c2ccc(OC)c(OC)c2)CC1. The first-order valence-corrected chi connectivity index (χ1v) is 8.57. The maximum atomic E-state index is 12.7. The normalized spacial score (nSPS) is 16.0. The molecule has 1 aromatic rings. The van der Waals surface area contributed by atoms with Crippen LogP contribution in [0.4, 0.5) is 4.79 Å². The van der Waals surface area contributed by atoms with Crippen LogP contribution in [-0.2, 0) is 10.0 Å². The fourth-order valence-electron chi connectivity index (χ4n) is 2.42. The Balaban J connectivity index is 2.18. The number of urea groups is 1. The zero-order valence-electron chi connectivity index (χ0n) is 13.4. The zero-order valence-corrected chi connectivity index (χ0v) is 14.2. The number of methoxy groups -OCH3 is 2. The Hall–Kier alpha value is -2.00. The van der Waals surface area contributed by atoms with Crippen LogP contribution in [0.5, 0.6) is 11.5 Å². The zero-order chi connectivity index (χ0) is 17.0. The van der Waals surface area contributed by atoms with Crippen molar-refractivity contribution in [3.63, 3.8) is 0 Å². The van der Waals surface area contributed by atoms with Crippen molar-refractivity contribution in [3.8, 4) is 11.5 Å². The van der Waals surface area contributed by atoms with Crippen molar-refractivity contribution in [2.75, 3.05) is 47.4 Å². The second-order valence-corrected chi connectivity index (χ2v) is 6.90. The topological polar surface area (TPSA) is 88.2 Å². The molecule has 0 aromatic heterocycles. The molecule has 0 aliphatic carbocycles. The van der Waals surface area contributed by atoms with Gasteiger partial charge in [0.25, 0.3) is 0 Å². The maximum Gasteiger partial charge on any atom is 0.317 e. The van der Waals surface area contributed by atoms with E-state index in [1.807, 2.05) is 0 Å². The molecule has 9 heteroatoms. The number of hydrogen-bond donors (Lipinski definition) is 1. The van der Waals surface area contributed by atoms with Gasteiger partial charge >= 0.3 is 6.03 Å². The van der Waals surface area contributed by atoms with E-state index in [2.05, 4.69) is 5.32 Å². The molecule has 128 valence electrons. The van der Waals surface area contributed by atoms with E-state index >= 15 is 0 Å². The quantitative estimate of drug-likeness (QED) is 0.852. The number of ether oxygens (including phenoxy) is 2. The van der Waals surface area contributed by atoms with Crippen LogP contribution in [0.3, 0.4) is 0 Å². The van der Waals surface area contributed by atoms with Gasteiger partial charge in [0.1, 0.15) is 0 Å². The van der Waals surface area contributed by atoms with E-state index in [9.17, 15) is 13.2 Å². The highest BCUT2D eigenvalue weighted by molar-refractivity contribution is 7.89. The predicted molar refractivity (Wildman–Crippen MR) is 84.3 cm³/mol. The highest BCUT2D eigenvalue weighted by Gasteiger charge is 2.30. The summed E-state index contributed by atoms with van der Waals surface area (Å²) in [6.45, 7) is 1.21. The Morgan fingerprint density at radius 3 is 2.22 bits per heavy atom. The third kappa shape index (κ3) is 3.50. The first kappa shape index (κ1) is 17.4. The lowest BCUT2D eigenvalue weighted by Crippen LogP contribution is -2.52. The van der Waals surface area contributed by atoms with E-state index in [0.717, 1.165) is 0 Å². The standard InChI is InChI=1S/C14H21N3O5S/c1-15-14(18)16-6-8-17(9-7-16)23(19,20)11-4-5-12(21-2)13(10-11)22-3/h4-5,10H,6-9H2,1-3H3,(H,15,18). The van der Waals surface area contributed by atoms with Crippen LogP contribution in [0.15, 0.2) is 23.1 Å². The molecule has 23 heavy (non-hydrogen) atoms. The van der Waals surface area contributed by atoms with Gasteiger partial charge in [0.2, 0.25) is 10.0 Å². The van der Waals surface area contributed by atoms with Crippen LogP contribution >= 0.6 is 0 Å². The minimum atomic E-state index is -3.64. The molecule has 0 radical (unpaired) electrons. The van der Waals surface area contributed by atoms with Crippen LogP contribution < -0.4 is 14.8 Å². The number of amides is 2. The molecule has 1 aliphatic heterocycles. The molecule has 1 aromatic carbocycles. The van der Waals surface area contributed by atoms with Gasteiger partial charge in [-0.2, -0.15) is 4.31 Å². The van der Waals surface area contributed by atoms with Gasteiger partial charge in [-0.1, -0.05) is 0 Å². The molecule has 1 heterocycles. The largest absolute Gasteiger partial charge is 0.493 e. The Morgan fingerprint density at radius 1 is 1.09 bits per heavy atom. The molecular weight excluding hydrogens is 322 g/mol. The molecule has 0 saturated carbocycles. The minimum Gasteiger partial charge on any atom is -0.493 e. The van der Waals surface area contributed by atoms with Crippen LogP contribution in [-0.4, -0.2) is 71.1 Å². The lowest BCUT2D eigenvalue weighted by atomic mass is 10.3. The van der Waals surface area contributed by atoms with E-state index in [1.54, 1.807) is 18.0 Å². The van der Waals surface area contributed by atoms with Crippen LogP contribution in [0.25, 0.3) is 0 Å². The molecular formula is C14H21N3O5S. The number of carbonyl (C=O) groups is 1. The van der Waals surface area contributed by atoms with Crippen molar-refractivity contribution >= 4 is 16.1 Å². The predicted octanol–water partition coefficient (Wildman–Crippen LogP) is 0.350. The number of rotatable bonds is 4. The third-order valence-electron chi connectivity index (χ3n) is 3.73. The summed E-state index contributed by atoms with van der Waals surface area (Å²) in [4.78, 5) is 13.3. The third-order valence-corrected chi connectivity index (χ3v) is 5.63. The molecule has 1 fully saturated rings. The number of nitrogens with zero attached hydrogens (tertiary/aromatic N) is 2. The van der Waals surface area contributed by atoms with Crippen molar-refractivity contribution < 1.29 is 22.7 Å². The van der Waals surface area contributed by atoms with E-state index in [0.29, 0.717) is 24.6 Å². The number of benzene rings is 1. The van der Waals surface area contributed by atoms with E-state index in [-0.39, 0.29) is 24.0 Å². The van der Waals surface area contributed by atoms with Crippen molar-refractivity contribution in [3.05, 3.63) is 18.2 Å². The molecule has 1 N–H and O–H groups in total. The molecule has 0 bridgehead atoms. The summed E-state index contributed by atoms with van der Waals surface area (Å²) in [5, 5.41) is 2.54. The van der Waals surface area contributed by atoms with Gasteiger partial charge in [0.15, 0.2) is 11.5 Å². The van der Waals surface area contributed by atoms with Gasteiger partial charge in [-0.15, -0.1) is 0 Å². The highest BCUT2D eigenvalue weighted by atomic mass is 32.2. The lowest BCUT2D eigenvalue weighted by molar-refractivity contribution is 0.174. The molecule has 0 unspecified atom stereocenters. The van der Waals surface area contributed by atoms with Gasteiger partial charge in [0, 0.05) is 39.3 Å². The van der Waals surface area contributed by atoms with Crippen LogP contribution in [0.1, 0.15) is 0 Å². The number of piperazine rings is 1. The van der Waals surface area contributed by atoms with Crippen LogP contribution in [0, 0.1) is 0 Å². The second-order valence-electron chi connectivity index (χ2n) is 4.96. The van der Waals surface area contributed by atoms with Gasteiger partial charge in [-0.25, -0.2) is 13.2 Å². The second kappa shape index (κ2) is 7.05. The molecule has 1 aliphatic rings. The van der Waals surface area contributed by atoms with Gasteiger partial charge in [0.05, 0.1) is 19.1 Å². The first-order valence-electron chi connectivity index (χ1n) is 7.13. The summed E-state index contributed by atoms with van der Waals surface area (Å²) < 4.78 is 37.1. The fraction of sp³-hybridized carbons (Fsp3) is 0.500. The molecule has 0 spiro atoms. The molecule has 1 saturated heterocycles. The summed E-state index contributed by atoms with van der Waals surface area (Å²) in [7, 11) is 0.859. The van der Waals surface area contributed by atoms with Crippen LogP contribution in [0.2, 0.25) is 0 Å². The number of nitrogens with one attached hydrogen (secondary N) is 1. The van der Waals surface area contributed by atoms with Gasteiger partial charge in [-0.05, 0) is 12.1 Å². The highest BCUT2D eigenvalue weighted by Crippen LogP contribution is 2.30. The summed E-state index contributed by atoms with van der Waals surface area (Å²) >= 11 is 0. The van der Waals surface area contributed by atoms with Crippen molar-refractivity contribution in [2.45, 2.75) is 4.90 Å². The van der Waals surface area contributed by atoms with E-state index < -0.39 is 10.0 Å². The summed E-state index contributed by atoms with van der Waals surface area (Å²) in [5.74, 6) is 0.827. The summed E-state index contributed by atoms with van der Waals surface area (Å²) in [6.07, 6.45) is 0. The fourth-order valence-corrected chi connectivity index (χ4v) is 3.85. The first-order chi connectivity index (χ1) is 10.9. The molecule has 0 atom stereocenters. The Morgan fingerprint density at radius 2 is 1.70 bits per heavy atom. The Bertz CT molecular complexity index is 669. The van der Waals surface area contributed by atoms with Gasteiger partial charge in [-0.3, -0.25) is 0 Å².